The number of aromatic nitrogens is 9. The zero-order valence-corrected chi connectivity index (χ0v) is 49.4. The Morgan fingerprint density at radius 1 is 0.652 bits per heavy atom. The number of aldehydes is 1. The predicted molar refractivity (Wildman–Crippen MR) is 318 cm³/mol. The van der Waals surface area contributed by atoms with E-state index in [0.29, 0.717) is 65.3 Å². The molecule has 2 aliphatic rings. The maximum absolute atomic E-state index is 13.1. The second kappa shape index (κ2) is 28.1. The second-order valence-corrected chi connectivity index (χ2v) is 22.3. The van der Waals surface area contributed by atoms with Crippen molar-refractivity contribution in [3.05, 3.63) is 188 Å². The topological polar surface area (TPSA) is 354 Å². The Labute approximate surface area is 512 Å². The number of rotatable bonds is 18. The summed E-state index contributed by atoms with van der Waals surface area (Å²) in [5.41, 5.74) is 4.78. The number of benzene rings is 3. The lowest BCUT2D eigenvalue weighted by molar-refractivity contribution is -0.111. The van der Waals surface area contributed by atoms with Gasteiger partial charge < -0.3 is 55.8 Å². The number of aromatic carboxylic acids is 1. The van der Waals surface area contributed by atoms with E-state index in [1.165, 1.54) is 89.8 Å². The predicted octanol–water partition coefficient (Wildman–Crippen LogP) is 3.78. The van der Waals surface area contributed by atoms with E-state index in [0.717, 1.165) is 44.0 Å². The van der Waals surface area contributed by atoms with E-state index in [1.807, 2.05) is 0 Å². The van der Waals surface area contributed by atoms with Gasteiger partial charge in [-0.05, 0) is 53.1 Å². The monoisotopic (exact) mass is 1280 g/mol. The number of nitrogens with one attached hydrogen (secondary N) is 3. The van der Waals surface area contributed by atoms with Crippen molar-refractivity contribution in [1.29, 1.82) is 0 Å². The largest absolute Gasteiger partial charge is 0.502 e. The fourth-order valence-electron chi connectivity index (χ4n) is 8.97. The minimum Gasteiger partial charge on any atom is -0.502 e. The molecule has 1 unspecified atom stereocenters. The third kappa shape index (κ3) is 14.3. The van der Waals surface area contributed by atoms with Crippen LogP contribution in [0.1, 0.15) is 63.2 Å². The molecule has 89 heavy (non-hydrogen) atoms. The summed E-state index contributed by atoms with van der Waals surface area (Å²) in [6.45, 7) is 1.18. The Hall–Kier alpha value is -10.2. The average molecular weight is 1280 g/mol. The second-order valence-electron chi connectivity index (χ2n) is 19.1. The van der Waals surface area contributed by atoms with Crippen molar-refractivity contribution in [1.82, 2.24) is 54.8 Å². The molecule has 0 radical (unpaired) electrons. The number of nitrogens with zero attached hydrogens (tertiary/aromatic N) is 11. The van der Waals surface area contributed by atoms with Gasteiger partial charge in [0.25, 0.3) is 11.8 Å². The molecule has 8 heterocycles. The van der Waals surface area contributed by atoms with Crippen molar-refractivity contribution >= 4 is 58.1 Å². The summed E-state index contributed by atoms with van der Waals surface area (Å²) in [5.74, 6) is -5.82. The summed E-state index contributed by atoms with van der Waals surface area (Å²) in [5, 5.41) is 71.3. The van der Waals surface area contributed by atoms with Gasteiger partial charge in [-0.15, -0.1) is 30.6 Å². The first-order valence-electron chi connectivity index (χ1n) is 26.5. The highest BCUT2D eigenvalue weighted by molar-refractivity contribution is 7.15. The lowest BCUT2D eigenvalue weighted by atomic mass is 10.1. The molecule has 1 atom stereocenters. The summed E-state index contributed by atoms with van der Waals surface area (Å²) in [7, 11) is 4.72. The van der Waals surface area contributed by atoms with Crippen LogP contribution in [-0.4, -0.2) is 161 Å². The smallest absolute Gasteiger partial charge is 0.358 e. The van der Waals surface area contributed by atoms with Crippen molar-refractivity contribution in [2.45, 2.75) is 25.4 Å². The molecule has 2 amide bonds. The molecule has 33 heteroatoms. The van der Waals surface area contributed by atoms with Crippen LogP contribution in [0.25, 0.3) is 31.7 Å². The molecule has 462 valence electrons. The van der Waals surface area contributed by atoms with E-state index in [9.17, 15) is 62.1 Å². The maximum atomic E-state index is 13.1. The molecular weight excluding hydrogens is 1230 g/mol. The normalized spacial score (nSPS) is 13.3. The number of hydrogen-bond donors (Lipinski definition) is 7. The average Bonchev–Trinajstić information content (AvgIpc) is 1.26. The number of carbonyl (C=O) groups is 4. The summed E-state index contributed by atoms with van der Waals surface area (Å²) < 4.78 is 53.3. The fraction of sp³-hybridized carbons (Fsp3) is 0.232. The molecule has 0 saturated carbocycles. The van der Waals surface area contributed by atoms with E-state index in [-0.39, 0.29) is 81.5 Å². The van der Waals surface area contributed by atoms with Crippen LogP contribution >= 0.6 is 34.0 Å². The highest BCUT2D eigenvalue weighted by Gasteiger charge is 2.41. The number of carboxylic acid groups (broad SMARTS) is 1. The van der Waals surface area contributed by atoms with E-state index in [4.69, 9.17) is 14.6 Å². The lowest BCUT2D eigenvalue weighted by Gasteiger charge is -2.46. The van der Waals surface area contributed by atoms with Crippen molar-refractivity contribution < 1.29 is 62.2 Å². The van der Waals surface area contributed by atoms with Gasteiger partial charge in [-0.1, -0.05) is 70.4 Å². The first kappa shape index (κ1) is 63.3. The fourth-order valence-corrected chi connectivity index (χ4v) is 11.6. The van der Waals surface area contributed by atoms with Crippen molar-refractivity contribution in [3.8, 4) is 49.0 Å². The lowest BCUT2D eigenvalue weighted by Crippen LogP contribution is -2.64. The molecular formula is C56H51F3N14O13S3. The number of fused-ring (bicyclic) bond motifs is 2. The molecule has 11 rings (SSSR count). The number of carbonyl (C=O) groups excluding carboxylic acids is 3. The van der Waals surface area contributed by atoms with E-state index >= 15 is 0 Å². The number of carboxylic acids is 1. The highest BCUT2D eigenvalue weighted by Crippen LogP contribution is 2.31. The third-order valence-electron chi connectivity index (χ3n) is 13.4. The molecule has 0 bridgehead atoms. The summed E-state index contributed by atoms with van der Waals surface area (Å²) in [6, 6.07) is 17.9. The van der Waals surface area contributed by atoms with Crippen LogP contribution in [0.2, 0.25) is 0 Å². The number of likely N-dealkylation sites (N-methyl/N-ethyl adjacent to an activating group) is 1. The number of halogens is 3. The van der Waals surface area contributed by atoms with Crippen LogP contribution in [0, 0.1) is 17.5 Å². The highest BCUT2D eigenvalue weighted by atomic mass is 32.1. The first-order chi connectivity index (χ1) is 42.8. The molecule has 3 aromatic carbocycles. The minimum atomic E-state index is -1.45. The Kier molecular flexibility index (Phi) is 20.0. The van der Waals surface area contributed by atoms with E-state index < -0.39 is 57.0 Å². The van der Waals surface area contributed by atoms with Gasteiger partial charge in [-0.25, -0.2) is 18.0 Å². The van der Waals surface area contributed by atoms with Gasteiger partial charge in [-0.3, -0.25) is 43.0 Å². The number of ether oxygens (including phenoxy) is 2. The van der Waals surface area contributed by atoms with Gasteiger partial charge in [0.1, 0.15) is 51.5 Å². The third-order valence-corrected chi connectivity index (χ3v) is 16.3. The van der Waals surface area contributed by atoms with Crippen LogP contribution < -0.4 is 37.5 Å². The number of pyridine rings is 3. The molecule has 2 aliphatic heterocycles. The molecule has 1 saturated heterocycles. The molecule has 0 spiro atoms. The van der Waals surface area contributed by atoms with Crippen LogP contribution in [0.3, 0.4) is 0 Å². The van der Waals surface area contributed by atoms with Gasteiger partial charge in [0, 0.05) is 72.1 Å². The van der Waals surface area contributed by atoms with Crippen molar-refractivity contribution in [2.75, 3.05) is 76.5 Å². The van der Waals surface area contributed by atoms with Crippen molar-refractivity contribution in [3.63, 3.8) is 0 Å². The number of aromatic hydroxyl groups is 3. The van der Waals surface area contributed by atoms with E-state index in [1.54, 1.807) is 53.4 Å². The summed E-state index contributed by atoms with van der Waals surface area (Å²) in [4.78, 5) is 86.4. The molecule has 9 aromatic rings. The quantitative estimate of drug-likeness (QED) is 0.0475. The Morgan fingerprint density at radius 3 is 1.52 bits per heavy atom. The van der Waals surface area contributed by atoms with Crippen LogP contribution in [0.15, 0.2) is 106 Å². The molecule has 27 nitrogen and oxygen atoms in total. The number of morpholine rings is 1. The zero-order chi connectivity index (χ0) is 63.6. The van der Waals surface area contributed by atoms with Gasteiger partial charge in [0.2, 0.25) is 16.3 Å². The van der Waals surface area contributed by atoms with Crippen LogP contribution in [0.5, 0.6) is 17.2 Å². The number of hydrogen-bond acceptors (Lipinski definition) is 24. The molecule has 6 aromatic heterocycles. The van der Waals surface area contributed by atoms with Gasteiger partial charge in [-0.2, -0.15) is 0 Å². The zero-order valence-electron chi connectivity index (χ0n) is 46.9. The first-order valence-corrected chi connectivity index (χ1v) is 28.9. The standard InChI is InChI=1S/C20H20FN5O5S.C20H18FN5O4S.C16H13FN4O4S/c1-22-26-11-14(17(28)18(29)16(26)19(30)23-6-8-31-9-7-27)20-25-24-15(32-20)10-12-2-4-13(21)5-3-12;1-24-15-10-30-7-6-25(15)20(29)16-18(28)17(27)13(9-26(16)24)19-23-22-14(31-19)8-11-2-4-12(21)5-3-11;1-18-21-7-10(13(22)14(23)12(21)16(24)25)15-20-19-11(26-15)6-8-2-4-9(17)5-3-8/h2-5,7,11,22,29H,6,8-10H2,1H3,(H,23,30);2-5,9,15,28H,6-8,10H2,1H3;2-5,7,18,23H,6H2,1H3,(H,24,25). The molecule has 7 N–H and O–H groups in total. The van der Waals surface area contributed by atoms with Gasteiger partial charge in [0.05, 0.1) is 36.5 Å². The van der Waals surface area contributed by atoms with Gasteiger partial charge in [0.15, 0.2) is 49.4 Å². The van der Waals surface area contributed by atoms with Crippen molar-refractivity contribution in [2.24, 2.45) is 0 Å². The van der Waals surface area contributed by atoms with Crippen LogP contribution in [-0.2, 0) is 33.5 Å². The van der Waals surface area contributed by atoms with Gasteiger partial charge >= 0.3 is 5.97 Å². The number of amides is 2. The molecule has 0 aliphatic carbocycles. The Morgan fingerprint density at radius 2 is 1.08 bits per heavy atom. The van der Waals surface area contributed by atoms with E-state index in [2.05, 4.69) is 46.8 Å². The summed E-state index contributed by atoms with van der Waals surface area (Å²) >= 11 is 3.48. The minimum absolute atomic E-state index is 0.0182. The maximum Gasteiger partial charge on any atom is 0.358 e. The Balaban J connectivity index is 0.000000160. The Bertz CT molecular complexity index is 4270. The molecule has 1 fully saturated rings. The van der Waals surface area contributed by atoms with Crippen LogP contribution in [0.4, 0.5) is 13.2 Å². The summed E-state index contributed by atoms with van der Waals surface area (Å²) in [6.07, 6.45) is 5.58. The SMILES string of the molecule is CN1C2COCCN2C(=O)c2c(O)c(=O)c(-c3nnc(Cc4ccc(F)cc4)s3)cn21.CNn1cc(-c2nnc(Cc3ccc(F)cc3)s2)c(=O)c(O)c1C(=O)NCCOCC=O.CNn1cc(-c2nnc(Cc3ccc(F)cc3)s2)c(=O)c(O)c1C(=O)O.